The lowest BCUT2D eigenvalue weighted by molar-refractivity contribution is -0.143. The van der Waals surface area contributed by atoms with Gasteiger partial charge in [0.05, 0.1) is 31.1 Å². The van der Waals surface area contributed by atoms with Gasteiger partial charge >= 0.3 is 0 Å². The van der Waals surface area contributed by atoms with Gasteiger partial charge in [0.15, 0.2) is 0 Å². The first-order chi connectivity index (χ1) is 12.5. The van der Waals surface area contributed by atoms with Crippen LogP contribution in [0.3, 0.4) is 0 Å². The molecule has 1 atom stereocenters. The van der Waals surface area contributed by atoms with Crippen molar-refractivity contribution in [1.29, 1.82) is 0 Å². The molecule has 1 saturated heterocycles. The summed E-state index contributed by atoms with van der Waals surface area (Å²) in [6.45, 7) is 10.7. The molecule has 0 aromatic heterocycles. The van der Waals surface area contributed by atoms with Crippen LogP contribution < -0.4 is 5.73 Å². The SMILES string of the molecule is C=CC(=O)N1CCOCC1(C)c1cc(Cl)cc(/C(=C/C=N\CN)N=C)c1. The highest BCUT2D eigenvalue weighted by Gasteiger charge is 2.39. The van der Waals surface area contributed by atoms with E-state index in [1.807, 2.05) is 19.1 Å². The molecule has 1 aliphatic heterocycles. The molecular weight excluding hydrogens is 352 g/mol. The van der Waals surface area contributed by atoms with Gasteiger partial charge in [-0.25, -0.2) is 0 Å². The second kappa shape index (κ2) is 8.89. The summed E-state index contributed by atoms with van der Waals surface area (Å²) in [6, 6.07) is 5.55. The lowest BCUT2D eigenvalue weighted by atomic mass is 9.88. The molecule has 0 spiro atoms. The van der Waals surface area contributed by atoms with Crippen LogP contribution >= 0.6 is 11.6 Å². The minimum atomic E-state index is -0.666. The summed E-state index contributed by atoms with van der Waals surface area (Å²) >= 11 is 6.35. The van der Waals surface area contributed by atoms with E-state index in [1.54, 1.807) is 23.3 Å². The van der Waals surface area contributed by atoms with Crippen LogP contribution in [-0.4, -0.2) is 50.2 Å². The molecule has 0 saturated carbocycles. The Labute approximate surface area is 158 Å². The van der Waals surface area contributed by atoms with Gasteiger partial charge in [-0.15, -0.1) is 0 Å². The van der Waals surface area contributed by atoms with E-state index in [9.17, 15) is 4.79 Å². The number of nitrogens with two attached hydrogens (primary N) is 1. The zero-order valence-corrected chi connectivity index (χ0v) is 15.6. The summed E-state index contributed by atoms with van der Waals surface area (Å²) < 4.78 is 5.65. The van der Waals surface area contributed by atoms with Crippen LogP contribution in [0.2, 0.25) is 5.02 Å². The topological polar surface area (TPSA) is 80.3 Å². The first-order valence-corrected chi connectivity index (χ1v) is 8.54. The van der Waals surface area contributed by atoms with Crippen LogP contribution in [-0.2, 0) is 15.1 Å². The fourth-order valence-corrected chi connectivity index (χ4v) is 3.16. The number of hydrogen-bond acceptors (Lipinski definition) is 5. The van der Waals surface area contributed by atoms with Crippen LogP contribution in [0.15, 0.2) is 46.9 Å². The van der Waals surface area contributed by atoms with Crippen molar-refractivity contribution in [2.75, 3.05) is 26.4 Å². The fraction of sp³-hybridized carbons (Fsp3) is 0.316. The van der Waals surface area contributed by atoms with Gasteiger partial charge in [0.2, 0.25) is 5.91 Å². The molecule has 1 aromatic carbocycles. The number of halogens is 1. The minimum Gasteiger partial charge on any atom is -0.377 e. The monoisotopic (exact) mass is 374 g/mol. The first-order valence-electron chi connectivity index (χ1n) is 8.16. The fourth-order valence-electron chi connectivity index (χ4n) is 2.93. The van der Waals surface area contributed by atoms with E-state index in [0.717, 1.165) is 11.1 Å². The number of carbonyl (C=O) groups is 1. The molecule has 1 amide bonds. The molecular formula is C19H23ClN4O2. The van der Waals surface area contributed by atoms with Crippen LogP contribution in [0.5, 0.6) is 0 Å². The Morgan fingerprint density at radius 3 is 2.92 bits per heavy atom. The summed E-state index contributed by atoms with van der Waals surface area (Å²) in [5, 5.41) is 0.528. The molecule has 7 heteroatoms. The molecule has 138 valence electrons. The van der Waals surface area contributed by atoms with Crippen molar-refractivity contribution in [1.82, 2.24) is 4.90 Å². The van der Waals surface area contributed by atoms with E-state index in [-0.39, 0.29) is 12.6 Å². The van der Waals surface area contributed by atoms with Gasteiger partial charge in [-0.3, -0.25) is 14.8 Å². The highest BCUT2D eigenvalue weighted by Crippen LogP contribution is 2.35. The summed E-state index contributed by atoms with van der Waals surface area (Å²) in [4.78, 5) is 22.1. The maximum Gasteiger partial charge on any atom is 0.246 e. The number of allylic oxidation sites excluding steroid dienone is 1. The average Bonchev–Trinajstić information content (AvgIpc) is 2.64. The average molecular weight is 375 g/mol. The normalized spacial score (nSPS) is 21.0. The van der Waals surface area contributed by atoms with Gasteiger partial charge in [-0.1, -0.05) is 18.2 Å². The predicted octanol–water partition coefficient (Wildman–Crippen LogP) is 2.63. The molecule has 1 aliphatic rings. The third-order valence-corrected chi connectivity index (χ3v) is 4.53. The number of aliphatic imine (C=N–C) groups is 2. The Kier molecular flexibility index (Phi) is 6.85. The van der Waals surface area contributed by atoms with Crippen molar-refractivity contribution in [3.8, 4) is 0 Å². The molecule has 1 heterocycles. The van der Waals surface area contributed by atoms with Crippen molar-refractivity contribution >= 4 is 36.1 Å². The number of hydrogen-bond donors (Lipinski definition) is 1. The maximum absolute atomic E-state index is 12.3. The molecule has 1 fully saturated rings. The van der Waals surface area contributed by atoms with E-state index < -0.39 is 5.54 Å². The lowest BCUT2D eigenvalue weighted by Gasteiger charge is -2.44. The van der Waals surface area contributed by atoms with E-state index in [2.05, 4.69) is 23.3 Å². The molecule has 0 aliphatic carbocycles. The quantitative estimate of drug-likeness (QED) is 0.614. The van der Waals surface area contributed by atoms with E-state index in [0.29, 0.717) is 30.5 Å². The van der Waals surface area contributed by atoms with Crippen molar-refractivity contribution in [3.63, 3.8) is 0 Å². The molecule has 26 heavy (non-hydrogen) atoms. The van der Waals surface area contributed by atoms with Crippen molar-refractivity contribution in [3.05, 3.63) is 53.1 Å². The predicted molar refractivity (Wildman–Crippen MR) is 107 cm³/mol. The van der Waals surface area contributed by atoms with Crippen LogP contribution in [0.1, 0.15) is 18.1 Å². The largest absolute Gasteiger partial charge is 0.377 e. The number of ether oxygens (including phenoxy) is 1. The van der Waals surface area contributed by atoms with E-state index in [1.165, 1.54) is 6.08 Å². The summed E-state index contributed by atoms with van der Waals surface area (Å²) in [5.74, 6) is -0.148. The molecule has 6 nitrogen and oxygen atoms in total. The van der Waals surface area contributed by atoms with Gasteiger partial charge in [-0.2, -0.15) is 0 Å². The lowest BCUT2D eigenvalue weighted by Crippen LogP contribution is -2.54. The number of morpholine rings is 1. The van der Waals surface area contributed by atoms with E-state index >= 15 is 0 Å². The number of carbonyl (C=O) groups excluding carboxylic acids is 1. The summed E-state index contributed by atoms with van der Waals surface area (Å²) in [5.41, 5.74) is 6.91. The third kappa shape index (κ3) is 4.27. The molecule has 1 unspecified atom stereocenters. The van der Waals surface area contributed by atoms with Crippen molar-refractivity contribution < 1.29 is 9.53 Å². The maximum atomic E-state index is 12.3. The summed E-state index contributed by atoms with van der Waals surface area (Å²) in [6.07, 6.45) is 4.60. The summed E-state index contributed by atoms with van der Waals surface area (Å²) in [7, 11) is 0. The number of benzene rings is 1. The molecule has 2 rings (SSSR count). The van der Waals surface area contributed by atoms with Gasteiger partial charge in [-0.05, 0) is 49.6 Å². The number of amides is 1. The Bertz CT molecular complexity index is 760. The Hall–Kier alpha value is -2.28. The van der Waals surface area contributed by atoms with Gasteiger partial charge < -0.3 is 15.4 Å². The van der Waals surface area contributed by atoms with Crippen LogP contribution in [0.25, 0.3) is 5.70 Å². The molecule has 0 radical (unpaired) electrons. The van der Waals surface area contributed by atoms with Crippen molar-refractivity contribution in [2.45, 2.75) is 12.5 Å². The third-order valence-electron chi connectivity index (χ3n) is 4.31. The van der Waals surface area contributed by atoms with Crippen molar-refractivity contribution in [2.24, 2.45) is 15.7 Å². The zero-order chi connectivity index (χ0) is 19.2. The smallest absolute Gasteiger partial charge is 0.246 e. The zero-order valence-electron chi connectivity index (χ0n) is 14.8. The second-order valence-corrected chi connectivity index (χ2v) is 6.41. The van der Waals surface area contributed by atoms with Gasteiger partial charge in [0.25, 0.3) is 0 Å². The molecule has 0 bridgehead atoms. The minimum absolute atomic E-state index is 0.148. The van der Waals surface area contributed by atoms with Gasteiger partial charge in [0, 0.05) is 23.3 Å². The second-order valence-electron chi connectivity index (χ2n) is 5.97. The highest BCUT2D eigenvalue weighted by atomic mass is 35.5. The van der Waals surface area contributed by atoms with Crippen LogP contribution in [0, 0.1) is 0 Å². The molecule has 2 N–H and O–H groups in total. The Morgan fingerprint density at radius 1 is 1.50 bits per heavy atom. The highest BCUT2D eigenvalue weighted by molar-refractivity contribution is 6.30. The Balaban J connectivity index is 2.52. The first kappa shape index (κ1) is 20.0. The Morgan fingerprint density at radius 2 is 2.27 bits per heavy atom. The van der Waals surface area contributed by atoms with E-state index in [4.69, 9.17) is 22.1 Å². The molecule has 1 aromatic rings. The van der Waals surface area contributed by atoms with Gasteiger partial charge in [0.1, 0.15) is 0 Å². The number of nitrogens with zero attached hydrogens (tertiary/aromatic N) is 3. The van der Waals surface area contributed by atoms with Crippen LogP contribution in [0.4, 0.5) is 0 Å². The number of rotatable bonds is 6. The standard InChI is InChI=1S/C19H23ClN4O2/c1-4-18(25)24-7-8-26-12-19(24,2)15-9-14(10-16(20)11-15)17(22-3)5-6-23-13-21/h4-6,9-11H,1,3,7-8,12-13,21H2,2H3/b17-5-,23-6-.